The van der Waals surface area contributed by atoms with Crippen molar-refractivity contribution >= 4 is 5.97 Å². The standard InChI is InChI=1S/C16H17NO2/c1-12-7-5-6-10-14(12)15(16(18)19)17-11-13-8-3-2-4-9-13/h2-10,15,17H,11H2,1H3,(H,18,19)/t15-/m0/s1. The van der Waals surface area contributed by atoms with Crippen LogP contribution in [-0.4, -0.2) is 11.1 Å². The number of hydrogen-bond acceptors (Lipinski definition) is 2. The Morgan fingerprint density at radius 1 is 1.11 bits per heavy atom. The molecule has 0 saturated heterocycles. The van der Waals surface area contributed by atoms with Gasteiger partial charge in [0.1, 0.15) is 6.04 Å². The molecule has 0 radical (unpaired) electrons. The van der Waals surface area contributed by atoms with Gasteiger partial charge in [-0.2, -0.15) is 0 Å². The van der Waals surface area contributed by atoms with Crippen LogP contribution < -0.4 is 5.32 Å². The molecular formula is C16H17NO2. The van der Waals surface area contributed by atoms with Gasteiger partial charge in [-0.05, 0) is 23.6 Å². The van der Waals surface area contributed by atoms with Crippen molar-refractivity contribution in [2.24, 2.45) is 0 Å². The van der Waals surface area contributed by atoms with E-state index in [-0.39, 0.29) is 0 Å². The first kappa shape index (κ1) is 13.3. The molecule has 3 heteroatoms. The van der Waals surface area contributed by atoms with Gasteiger partial charge < -0.3 is 5.11 Å². The fraction of sp³-hybridized carbons (Fsp3) is 0.188. The molecule has 2 rings (SSSR count). The van der Waals surface area contributed by atoms with E-state index < -0.39 is 12.0 Å². The first-order valence-corrected chi connectivity index (χ1v) is 6.24. The van der Waals surface area contributed by atoms with Crippen molar-refractivity contribution < 1.29 is 9.90 Å². The van der Waals surface area contributed by atoms with Crippen molar-refractivity contribution in [2.75, 3.05) is 0 Å². The second-order valence-electron chi connectivity index (χ2n) is 4.49. The van der Waals surface area contributed by atoms with Gasteiger partial charge in [0, 0.05) is 6.54 Å². The van der Waals surface area contributed by atoms with E-state index in [1.165, 1.54) is 0 Å². The first-order valence-electron chi connectivity index (χ1n) is 6.24. The minimum Gasteiger partial charge on any atom is -0.480 e. The van der Waals surface area contributed by atoms with Crippen LogP contribution in [0.2, 0.25) is 0 Å². The molecule has 98 valence electrons. The van der Waals surface area contributed by atoms with Gasteiger partial charge in [0.05, 0.1) is 0 Å². The second kappa shape index (κ2) is 6.16. The summed E-state index contributed by atoms with van der Waals surface area (Å²) in [6.45, 7) is 2.46. The van der Waals surface area contributed by atoms with E-state index in [0.29, 0.717) is 6.54 Å². The average molecular weight is 255 g/mol. The maximum absolute atomic E-state index is 11.4. The molecule has 0 saturated carbocycles. The lowest BCUT2D eigenvalue weighted by Gasteiger charge is -2.17. The molecule has 1 atom stereocenters. The van der Waals surface area contributed by atoms with Crippen LogP contribution in [0, 0.1) is 6.92 Å². The van der Waals surface area contributed by atoms with Crippen molar-refractivity contribution in [3.8, 4) is 0 Å². The Hall–Kier alpha value is -2.13. The molecule has 2 aromatic rings. The Kier molecular flexibility index (Phi) is 4.31. The van der Waals surface area contributed by atoms with Gasteiger partial charge in [-0.15, -0.1) is 0 Å². The summed E-state index contributed by atoms with van der Waals surface area (Å²) in [6, 6.07) is 16.7. The summed E-state index contributed by atoms with van der Waals surface area (Å²) >= 11 is 0. The number of carbonyl (C=O) groups is 1. The van der Waals surface area contributed by atoms with E-state index in [1.807, 2.05) is 61.5 Å². The summed E-state index contributed by atoms with van der Waals surface area (Å²) in [5.74, 6) is -0.856. The summed E-state index contributed by atoms with van der Waals surface area (Å²) in [6.07, 6.45) is 0. The maximum atomic E-state index is 11.4. The van der Waals surface area contributed by atoms with E-state index in [2.05, 4.69) is 5.32 Å². The number of carboxylic acids is 1. The fourth-order valence-electron chi connectivity index (χ4n) is 2.06. The quantitative estimate of drug-likeness (QED) is 0.863. The molecule has 0 spiro atoms. The van der Waals surface area contributed by atoms with Crippen LogP contribution in [0.4, 0.5) is 0 Å². The predicted molar refractivity (Wildman–Crippen MR) is 74.8 cm³/mol. The topological polar surface area (TPSA) is 49.3 Å². The predicted octanol–water partition coefficient (Wildman–Crippen LogP) is 2.91. The zero-order valence-corrected chi connectivity index (χ0v) is 10.8. The van der Waals surface area contributed by atoms with E-state index in [0.717, 1.165) is 16.7 Å². The summed E-state index contributed by atoms with van der Waals surface area (Å²) < 4.78 is 0. The number of benzene rings is 2. The molecule has 0 amide bonds. The Bertz CT molecular complexity index is 552. The van der Waals surface area contributed by atoms with Crippen molar-refractivity contribution in [1.82, 2.24) is 5.32 Å². The highest BCUT2D eigenvalue weighted by atomic mass is 16.4. The molecule has 0 heterocycles. The number of aryl methyl sites for hydroxylation is 1. The normalized spacial score (nSPS) is 12.1. The van der Waals surface area contributed by atoms with E-state index in [4.69, 9.17) is 0 Å². The lowest BCUT2D eigenvalue weighted by molar-refractivity contribution is -0.139. The lowest BCUT2D eigenvalue weighted by Crippen LogP contribution is -2.28. The molecule has 3 nitrogen and oxygen atoms in total. The summed E-state index contributed by atoms with van der Waals surface area (Å²) in [5.41, 5.74) is 2.86. The van der Waals surface area contributed by atoms with E-state index in [9.17, 15) is 9.90 Å². The molecule has 19 heavy (non-hydrogen) atoms. The number of carboxylic acid groups (broad SMARTS) is 1. The molecule has 0 fully saturated rings. The summed E-state index contributed by atoms with van der Waals surface area (Å²) in [5, 5.41) is 12.5. The molecule has 2 N–H and O–H groups in total. The van der Waals surface area contributed by atoms with E-state index in [1.54, 1.807) is 0 Å². The molecule has 0 aliphatic heterocycles. The number of hydrogen-bond donors (Lipinski definition) is 2. The maximum Gasteiger partial charge on any atom is 0.325 e. The Morgan fingerprint density at radius 2 is 1.74 bits per heavy atom. The SMILES string of the molecule is Cc1ccccc1[C@H](NCc1ccccc1)C(=O)O. The van der Waals surface area contributed by atoms with Crippen molar-refractivity contribution in [3.05, 3.63) is 71.3 Å². The molecule has 0 aliphatic rings. The Morgan fingerprint density at radius 3 is 2.37 bits per heavy atom. The van der Waals surface area contributed by atoms with Gasteiger partial charge in [0.15, 0.2) is 0 Å². The molecule has 0 aromatic heterocycles. The molecule has 0 aliphatic carbocycles. The van der Waals surface area contributed by atoms with Crippen molar-refractivity contribution in [1.29, 1.82) is 0 Å². The smallest absolute Gasteiger partial charge is 0.325 e. The third-order valence-electron chi connectivity index (χ3n) is 3.10. The van der Waals surface area contributed by atoms with Gasteiger partial charge in [0.25, 0.3) is 0 Å². The molecule has 0 bridgehead atoms. The van der Waals surface area contributed by atoms with Gasteiger partial charge in [-0.3, -0.25) is 10.1 Å². The zero-order valence-electron chi connectivity index (χ0n) is 10.8. The van der Waals surface area contributed by atoms with Crippen LogP contribution in [0.5, 0.6) is 0 Å². The monoisotopic (exact) mass is 255 g/mol. The van der Waals surface area contributed by atoms with Gasteiger partial charge >= 0.3 is 5.97 Å². The van der Waals surface area contributed by atoms with Crippen LogP contribution in [0.25, 0.3) is 0 Å². The van der Waals surface area contributed by atoms with Crippen molar-refractivity contribution in [2.45, 2.75) is 19.5 Å². The van der Waals surface area contributed by atoms with Gasteiger partial charge in [-0.25, -0.2) is 0 Å². The van der Waals surface area contributed by atoms with Crippen LogP contribution >= 0.6 is 0 Å². The number of aliphatic carboxylic acids is 1. The highest BCUT2D eigenvalue weighted by molar-refractivity contribution is 5.76. The summed E-state index contributed by atoms with van der Waals surface area (Å²) in [4.78, 5) is 11.4. The fourth-order valence-corrected chi connectivity index (χ4v) is 2.06. The third-order valence-corrected chi connectivity index (χ3v) is 3.10. The lowest BCUT2D eigenvalue weighted by atomic mass is 10.0. The average Bonchev–Trinajstić information content (AvgIpc) is 2.42. The Labute approximate surface area is 112 Å². The molecular weight excluding hydrogens is 238 g/mol. The zero-order chi connectivity index (χ0) is 13.7. The van der Waals surface area contributed by atoms with Gasteiger partial charge in [0.2, 0.25) is 0 Å². The highest BCUT2D eigenvalue weighted by Crippen LogP contribution is 2.18. The largest absolute Gasteiger partial charge is 0.480 e. The van der Waals surface area contributed by atoms with Crippen LogP contribution in [0.15, 0.2) is 54.6 Å². The number of rotatable bonds is 5. The molecule has 0 unspecified atom stereocenters. The van der Waals surface area contributed by atoms with Crippen molar-refractivity contribution in [3.63, 3.8) is 0 Å². The minimum atomic E-state index is -0.856. The minimum absolute atomic E-state index is 0.534. The second-order valence-corrected chi connectivity index (χ2v) is 4.49. The van der Waals surface area contributed by atoms with Crippen LogP contribution in [-0.2, 0) is 11.3 Å². The Balaban J connectivity index is 2.14. The molecule has 2 aromatic carbocycles. The first-order chi connectivity index (χ1) is 9.18. The van der Waals surface area contributed by atoms with Gasteiger partial charge in [-0.1, -0.05) is 54.6 Å². The highest BCUT2D eigenvalue weighted by Gasteiger charge is 2.20. The van der Waals surface area contributed by atoms with Crippen LogP contribution in [0.3, 0.4) is 0 Å². The van der Waals surface area contributed by atoms with Crippen LogP contribution in [0.1, 0.15) is 22.7 Å². The third kappa shape index (κ3) is 3.42. The summed E-state index contributed by atoms with van der Waals surface area (Å²) in [7, 11) is 0. The number of nitrogens with one attached hydrogen (secondary N) is 1. The van der Waals surface area contributed by atoms with E-state index >= 15 is 0 Å².